The molecule has 3 rings (SSSR count). The number of hydrogen-bond donors (Lipinski definition) is 1. The van der Waals surface area contributed by atoms with Crippen LogP contribution in [0.25, 0.3) is 11.1 Å². The number of furan rings is 1. The largest absolute Gasteiger partial charge is 0.489 e. The summed E-state index contributed by atoms with van der Waals surface area (Å²) in [5.41, 5.74) is 2.94. The van der Waals surface area contributed by atoms with E-state index in [-0.39, 0.29) is 11.7 Å². The lowest BCUT2D eigenvalue weighted by Crippen LogP contribution is -2.17. The van der Waals surface area contributed by atoms with Crippen molar-refractivity contribution in [3.8, 4) is 16.9 Å². The molecule has 1 heterocycles. The highest BCUT2D eigenvalue weighted by molar-refractivity contribution is 7.89. The van der Waals surface area contributed by atoms with Crippen LogP contribution in [-0.4, -0.2) is 15.5 Å². The van der Waals surface area contributed by atoms with Crippen LogP contribution in [0.15, 0.2) is 70.2 Å². The second-order valence-electron chi connectivity index (χ2n) is 5.53. The molecule has 0 radical (unpaired) electrons. The summed E-state index contributed by atoms with van der Waals surface area (Å²) in [6.45, 7) is 1.95. The molecule has 0 saturated heterocycles. The number of sulfonamides is 1. The van der Waals surface area contributed by atoms with Crippen LogP contribution in [0.2, 0.25) is 0 Å². The number of rotatable bonds is 6. The van der Waals surface area contributed by atoms with E-state index in [1.54, 1.807) is 6.92 Å². The molecule has 0 aliphatic heterocycles. The minimum atomic E-state index is -3.59. The maximum Gasteiger partial charge on any atom is 0.273 e. The molecule has 1 aromatic heterocycles. The first-order valence-corrected chi connectivity index (χ1v) is 9.29. The van der Waals surface area contributed by atoms with Crippen molar-refractivity contribution in [3.63, 3.8) is 0 Å². The predicted molar refractivity (Wildman–Crippen MR) is 95.9 cm³/mol. The van der Waals surface area contributed by atoms with Gasteiger partial charge in [0.25, 0.3) is 10.0 Å². The molecule has 0 atom stereocenters. The highest BCUT2D eigenvalue weighted by Crippen LogP contribution is 2.24. The van der Waals surface area contributed by atoms with Gasteiger partial charge in [-0.1, -0.05) is 42.5 Å². The van der Waals surface area contributed by atoms with Crippen molar-refractivity contribution in [1.29, 1.82) is 0 Å². The molecule has 25 heavy (non-hydrogen) atoms. The predicted octanol–water partition coefficient (Wildman–Crippen LogP) is 3.74. The van der Waals surface area contributed by atoms with Crippen LogP contribution in [-0.2, 0) is 16.6 Å². The fraction of sp³-hybridized carbons (Fsp3) is 0.158. The highest BCUT2D eigenvalue weighted by Gasteiger charge is 2.19. The van der Waals surface area contributed by atoms with Crippen LogP contribution in [0.5, 0.6) is 5.75 Å². The summed E-state index contributed by atoms with van der Waals surface area (Å²) in [4.78, 5) is 0. The standard InChI is InChI=1S/C19H19NO4S/c1-14-17(12-19(24-14)25(21,22)20-2)13-23-18-10-8-16(9-11-18)15-6-4-3-5-7-15/h3-12,20H,13H2,1-2H3. The molecule has 0 bridgehead atoms. The molecule has 0 unspecified atom stereocenters. The average molecular weight is 357 g/mol. The van der Waals surface area contributed by atoms with Crippen molar-refractivity contribution < 1.29 is 17.6 Å². The maximum absolute atomic E-state index is 11.8. The lowest BCUT2D eigenvalue weighted by Gasteiger charge is -2.07. The number of aryl methyl sites for hydroxylation is 1. The van der Waals surface area contributed by atoms with Gasteiger partial charge >= 0.3 is 0 Å². The SMILES string of the molecule is CNS(=O)(=O)c1cc(COc2ccc(-c3ccccc3)cc2)c(C)o1. The van der Waals surface area contributed by atoms with Gasteiger partial charge in [0.1, 0.15) is 18.1 Å². The Morgan fingerprint density at radius 3 is 2.28 bits per heavy atom. The molecule has 0 aliphatic rings. The van der Waals surface area contributed by atoms with Gasteiger partial charge in [-0.15, -0.1) is 0 Å². The third-order valence-electron chi connectivity index (χ3n) is 3.89. The van der Waals surface area contributed by atoms with Gasteiger partial charge in [0.15, 0.2) is 0 Å². The highest BCUT2D eigenvalue weighted by atomic mass is 32.2. The molecular weight excluding hydrogens is 338 g/mol. The molecular formula is C19H19NO4S. The smallest absolute Gasteiger partial charge is 0.273 e. The maximum atomic E-state index is 11.8. The Bertz CT molecular complexity index is 945. The second kappa shape index (κ2) is 7.13. The van der Waals surface area contributed by atoms with Crippen LogP contribution in [0.4, 0.5) is 0 Å². The molecule has 2 aromatic carbocycles. The van der Waals surface area contributed by atoms with E-state index >= 15 is 0 Å². The number of benzene rings is 2. The third-order valence-corrected chi connectivity index (χ3v) is 5.16. The van der Waals surface area contributed by atoms with E-state index < -0.39 is 10.0 Å². The summed E-state index contributed by atoms with van der Waals surface area (Å²) in [6, 6.07) is 19.3. The molecule has 6 heteroatoms. The molecule has 5 nitrogen and oxygen atoms in total. The Hall–Kier alpha value is -2.57. The summed E-state index contributed by atoms with van der Waals surface area (Å²) in [5, 5.41) is -0.106. The van der Waals surface area contributed by atoms with Crippen molar-refractivity contribution in [3.05, 3.63) is 72.0 Å². The van der Waals surface area contributed by atoms with E-state index in [2.05, 4.69) is 16.9 Å². The van der Waals surface area contributed by atoms with Crippen LogP contribution < -0.4 is 9.46 Å². The van der Waals surface area contributed by atoms with E-state index in [0.717, 1.165) is 11.1 Å². The second-order valence-corrected chi connectivity index (χ2v) is 7.35. The van der Waals surface area contributed by atoms with E-state index in [9.17, 15) is 8.42 Å². The van der Waals surface area contributed by atoms with Gasteiger partial charge in [-0.05, 0) is 37.2 Å². The van der Waals surface area contributed by atoms with Gasteiger partial charge in [0, 0.05) is 11.6 Å². The van der Waals surface area contributed by atoms with Gasteiger partial charge in [0.05, 0.1) is 0 Å². The Balaban J connectivity index is 1.70. The molecule has 0 aliphatic carbocycles. The van der Waals surface area contributed by atoms with Gasteiger partial charge < -0.3 is 9.15 Å². The van der Waals surface area contributed by atoms with Crippen LogP contribution in [0.1, 0.15) is 11.3 Å². The van der Waals surface area contributed by atoms with Crippen molar-refractivity contribution in [2.45, 2.75) is 18.6 Å². The lowest BCUT2D eigenvalue weighted by molar-refractivity contribution is 0.302. The average Bonchev–Trinajstić information content (AvgIpc) is 3.03. The minimum absolute atomic E-state index is 0.106. The van der Waals surface area contributed by atoms with E-state index in [0.29, 0.717) is 17.1 Å². The van der Waals surface area contributed by atoms with Crippen molar-refractivity contribution in [2.75, 3.05) is 7.05 Å². The fourth-order valence-electron chi connectivity index (χ4n) is 2.40. The zero-order valence-electron chi connectivity index (χ0n) is 14.0. The number of hydrogen-bond acceptors (Lipinski definition) is 4. The molecule has 0 saturated carbocycles. The molecule has 1 N–H and O–H groups in total. The monoisotopic (exact) mass is 357 g/mol. The van der Waals surface area contributed by atoms with Gasteiger partial charge in [-0.3, -0.25) is 0 Å². The Kier molecular flexibility index (Phi) is 4.92. The van der Waals surface area contributed by atoms with Crippen LogP contribution >= 0.6 is 0 Å². The van der Waals surface area contributed by atoms with Gasteiger partial charge in [-0.25, -0.2) is 13.1 Å². The van der Waals surface area contributed by atoms with E-state index in [1.165, 1.54) is 13.1 Å². The normalized spacial score (nSPS) is 11.4. The summed E-state index contributed by atoms with van der Waals surface area (Å²) in [7, 11) is -2.25. The van der Waals surface area contributed by atoms with Gasteiger partial charge in [-0.2, -0.15) is 0 Å². The van der Waals surface area contributed by atoms with E-state index in [1.807, 2.05) is 42.5 Å². The first kappa shape index (κ1) is 17.3. The molecule has 0 spiro atoms. The number of ether oxygens (including phenoxy) is 1. The Labute approximate surface area is 147 Å². The van der Waals surface area contributed by atoms with E-state index in [4.69, 9.17) is 9.15 Å². The zero-order valence-corrected chi connectivity index (χ0v) is 14.8. The molecule has 0 fully saturated rings. The molecule has 3 aromatic rings. The Morgan fingerprint density at radius 1 is 1.00 bits per heavy atom. The van der Waals surface area contributed by atoms with Gasteiger partial charge in [0.2, 0.25) is 5.09 Å². The van der Waals surface area contributed by atoms with Crippen LogP contribution in [0, 0.1) is 6.92 Å². The van der Waals surface area contributed by atoms with Crippen LogP contribution in [0.3, 0.4) is 0 Å². The molecule has 0 amide bonds. The molecule has 130 valence electrons. The van der Waals surface area contributed by atoms with Crippen molar-refractivity contribution in [1.82, 2.24) is 4.72 Å². The lowest BCUT2D eigenvalue weighted by atomic mass is 10.1. The number of nitrogens with one attached hydrogen (secondary N) is 1. The summed E-state index contributed by atoms with van der Waals surface area (Å²) in [5.74, 6) is 1.23. The summed E-state index contributed by atoms with van der Waals surface area (Å²) < 4.78 is 36.8. The topological polar surface area (TPSA) is 68.5 Å². The summed E-state index contributed by atoms with van der Waals surface area (Å²) >= 11 is 0. The quantitative estimate of drug-likeness (QED) is 0.730. The van der Waals surface area contributed by atoms with Crippen molar-refractivity contribution in [2.24, 2.45) is 0 Å². The fourth-order valence-corrected chi connectivity index (χ4v) is 3.13. The summed E-state index contributed by atoms with van der Waals surface area (Å²) in [6.07, 6.45) is 0. The van der Waals surface area contributed by atoms with Crippen molar-refractivity contribution >= 4 is 10.0 Å². The zero-order chi connectivity index (χ0) is 17.9. The minimum Gasteiger partial charge on any atom is -0.489 e. The first-order valence-electron chi connectivity index (χ1n) is 7.81. The third kappa shape index (κ3) is 3.92. The Morgan fingerprint density at radius 2 is 1.64 bits per heavy atom. The first-order chi connectivity index (χ1) is 12.0.